The van der Waals surface area contributed by atoms with Crippen LogP contribution in [-0.2, 0) is 16.2 Å². The number of thiazole rings is 1. The number of hydrogen-bond donors (Lipinski definition) is 0. The molecule has 23 heavy (non-hydrogen) atoms. The van der Waals surface area contributed by atoms with E-state index in [1.807, 2.05) is 42.6 Å². The van der Waals surface area contributed by atoms with Crippen molar-refractivity contribution in [3.05, 3.63) is 52.0 Å². The zero-order valence-electron chi connectivity index (χ0n) is 12.9. The highest BCUT2D eigenvalue weighted by Crippen LogP contribution is 2.40. The topological polar surface area (TPSA) is 54.8 Å². The Labute approximate surface area is 138 Å². The van der Waals surface area contributed by atoms with Crippen molar-refractivity contribution in [3.8, 4) is 0 Å². The van der Waals surface area contributed by atoms with Crippen molar-refractivity contribution in [1.82, 2.24) is 9.88 Å². The second-order valence-electron chi connectivity index (χ2n) is 5.97. The van der Waals surface area contributed by atoms with Crippen LogP contribution >= 0.6 is 11.3 Å². The van der Waals surface area contributed by atoms with Gasteiger partial charge in [-0.05, 0) is 26.2 Å². The molecule has 1 aliphatic carbocycles. The number of rotatable bonds is 3. The summed E-state index contributed by atoms with van der Waals surface area (Å²) in [6, 6.07) is 9.68. The van der Waals surface area contributed by atoms with E-state index in [1.165, 1.54) is 0 Å². The van der Waals surface area contributed by atoms with Gasteiger partial charge in [0.15, 0.2) is 5.84 Å². The van der Waals surface area contributed by atoms with E-state index in [-0.39, 0.29) is 5.91 Å². The van der Waals surface area contributed by atoms with Crippen LogP contribution in [-0.4, -0.2) is 27.2 Å². The second kappa shape index (κ2) is 5.45. The highest BCUT2D eigenvalue weighted by atomic mass is 32.1. The monoisotopic (exact) mass is 327 g/mol. The minimum atomic E-state index is -0.747. The molecule has 1 aliphatic heterocycles. The molecule has 1 saturated carbocycles. The summed E-state index contributed by atoms with van der Waals surface area (Å²) in [5, 5.41) is 7.30. The summed E-state index contributed by atoms with van der Waals surface area (Å²) in [6.07, 6.45) is 2.49. The zero-order chi connectivity index (χ0) is 15.9. The van der Waals surface area contributed by atoms with Gasteiger partial charge in [-0.3, -0.25) is 9.69 Å². The maximum Gasteiger partial charge on any atom is 0.275 e. The summed E-state index contributed by atoms with van der Waals surface area (Å²) in [5.41, 5.74) is 1.02. The van der Waals surface area contributed by atoms with E-state index < -0.39 is 5.60 Å². The third-order valence-electron chi connectivity index (χ3n) is 4.38. The average Bonchev–Trinajstić information content (AvgIpc) is 2.94. The SMILES string of the molecule is Cc1nc(CN2C(=O)C3(CCC3)ON=C2c2ccccc2)cs1. The molecule has 0 saturated heterocycles. The molecule has 0 unspecified atom stereocenters. The van der Waals surface area contributed by atoms with Crippen molar-refractivity contribution in [2.24, 2.45) is 5.16 Å². The summed E-state index contributed by atoms with van der Waals surface area (Å²) in [5.74, 6) is 0.571. The van der Waals surface area contributed by atoms with Crippen LogP contribution in [0.2, 0.25) is 0 Å². The van der Waals surface area contributed by atoms with E-state index in [1.54, 1.807) is 16.2 Å². The largest absolute Gasteiger partial charge is 0.377 e. The standard InChI is InChI=1S/C17H17N3O2S/c1-12-18-14(11-23-12)10-20-15(13-6-3-2-4-7-13)19-22-17(16(20)21)8-5-9-17/h2-4,6-7,11H,5,8-10H2,1H3. The molecule has 6 heteroatoms. The van der Waals surface area contributed by atoms with Crippen LogP contribution in [0, 0.1) is 6.92 Å². The van der Waals surface area contributed by atoms with Crippen LogP contribution in [0.1, 0.15) is 35.5 Å². The Hall–Kier alpha value is -2.21. The van der Waals surface area contributed by atoms with Crippen molar-refractivity contribution < 1.29 is 9.63 Å². The Kier molecular flexibility index (Phi) is 3.41. The third kappa shape index (κ3) is 2.43. The lowest BCUT2D eigenvalue weighted by molar-refractivity contribution is -0.173. The first kappa shape index (κ1) is 14.4. The Morgan fingerprint density at radius 3 is 2.70 bits per heavy atom. The average molecular weight is 327 g/mol. The molecule has 1 spiro atoms. The first-order valence-corrected chi connectivity index (χ1v) is 8.60. The number of benzene rings is 1. The van der Waals surface area contributed by atoms with Gasteiger partial charge in [-0.1, -0.05) is 35.5 Å². The van der Waals surface area contributed by atoms with Gasteiger partial charge in [0.25, 0.3) is 5.91 Å². The quantitative estimate of drug-likeness (QED) is 0.870. The van der Waals surface area contributed by atoms with Gasteiger partial charge in [0, 0.05) is 10.9 Å². The summed E-state index contributed by atoms with van der Waals surface area (Å²) >= 11 is 1.59. The number of amides is 1. The Balaban J connectivity index is 1.71. The van der Waals surface area contributed by atoms with Crippen molar-refractivity contribution in [1.29, 1.82) is 0 Å². The second-order valence-corrected chi connectivity index (χ2v) is 7.03. The molecule has 4 rings (SSSR count). The number of carbonyl (C=O) groups is 1. The van der Waals surface area contributed by atoms with Gasteiger partial charge < -0.3 is 4.84 Å². The molecule has 118 valence electrons. The predicted molar refractivity (Wildman–Crippen MR) is 88.0 cm³/mol. The maximum absolute atomic E-state index is 13.0. The molecule has 0 N–H and O–H groups in total. The van der Waals surface area contributed by atoms with Crippen molar-refractivity contribution in [2.45, 2.75) is 38.3 Å². The number of hydrogen-bond acceptors (Lipinski definition) is 5. The van der Waals surface area contributed by atoms with Crippen LogP contribution in [0.15, 0.2) is 40.9 Å². The molecule has 0 bridgehead atoms. The van der Waals surface area contributed by atoms with Crippen LogP contribution in [0.4, 0.5) is 0 Å². The third-order valence-corrected chi connectivity index (χ3v) is 5.20. The van der Waals surface area contributed by atoms with Crippen molar-refractivity contribution >= 4 is 23.1 Å². The summed E-state index contributed by atoms with van der Waals surface area (Å²) in [6.45, 7) is 2.40. The summed E-state index contributed by atoms with van der Waals surface area (Å²) in [4.78, 5) is 24.9. The molecule has 1 amide bonds. The molecule has 1 aromatic carbocycles. The smallest absolute Gasteiger partial charge is 0.275 e. The van der Waals surface area contributed by atoms with E-state index in [2.05, 4.69) is 10.1 Å². The summed E-state index contributed by atoms with van der Waals surface area (Å²) < 4.78 is 0. The van der Waals surface area contributed by atoms with Crippen LogP contribution in [0.5, 0.6) is 0 Å². The van der Waals surface area contributed by atoms with Gasteiger partial charge in [-0.25, -0.2) is 4.98 Å². The molecule has 2 aliphatic rings. The van der Waals surface area contributed by atoms with Gasteiger partial charge in [0.2, 0.25) is 5.60 Å². The fourth-order valence-electron chi connectivity index (χ4n) is 2.95. The first-order valence-electron chi connectivity index (χ1n) is 7.72. The normalized spacial score (nSPS) is 19.3. The highest BCUT2D eigenvalue weighted by molar-refractivity contribution is 7.09. The van der Waals surface area contributed by atoms with Gasteiger partial charge in [-0.15, -0.1) is 11.3 Å². The molecule has 2 aromatic rings. The highest BCUT2D eigenvalue weighted by Gasteiger charge is 2.53. The molecular formula is C17H17N3O2S. The predicted octanol–water partition coefficient (Wildman–Crippen LogP) is 3.09. The summed E-state index contributed by atoms with van der Waals surface area (Å²) in [7, 11) is 0. The lowest BCUT2D eigenvalue weighted by Gasteiger charge is -2.44. The minimum Gasteiger partial charge on any atom is -0.377 e. The zero-order valence-corrected chi connectivity index (χ0v) is 13.7. The maximum atomic E-state index is 13.0. The van der Waals surface area contributed by atoms with Gasteiger partial charge in [0.05, 0.1) is 17.2 Å². The molecule has 0 atom stereocenters. The number of nitrogens with zero attached hydrogens (tertiary/aromatic N) is 3. The van der Waals surface area contributed by atoms with E-state index in [0.29, 0.717) is 12.4 Å². The molecular weight excluding hydrogens is 310 g/mol. The van der Waals surface area contributed by atoms with E-state index in [9.17, 15) is 4.79 Å². The van der Waals surface area contributed by atoms with Crippen LogP contribution < -0.4 is 0 Å². The molecule has 1 aromatic heterocycles. The Bertz CT molecular complexity index is 765. The van der Waals surface area contributed by atoms with Gasteiger partial charge in [-0.2, -0.15) is 0 Å². The number of oxime groups is 1. The van der Waals surface area contributed by atoms with Crippen molar-refractivity contribution in [2.75, 3.05) is 0 Å². The first-order chi connectivity index (χ1) is 11.2. The lowest BCUT2D eigenvalue weighted by Crippen LogP contribution is -2.58. The van der Waals surface area contributed by atoms with E-state index >= 15 is 0 Å². The minimum absolute atomic E-state index is 0.00301. The van der Waals surface area contributed by atoms with Gasteiger partial charge >= 0.3 is 0 Å². The van der Waals surface area contributed by atoms with Crippen molar-refractivity contribution in [3.63, 3.8) is 0 Å². The number of aromatic nitrogens is 1. The molecule has 5 nitrogen and oxygen atoms in total. The molecule has 0 radical (unpaired) electrons. The van der Waals surface area contributed by atoms with Gasteiger partial charge in [0.1, 0.15) is 0 Å². The van der Waals surface area contributed by atoms with E-state index in [4.69, 9.17) is 4.84 Å². The Morgan fingerprint density at radius 1 is 1.30 bits per heavy atom. The van der Waals surface area contributed by atoms with Crippen LogP contribution in [0.25, 0.3) is 0 Å². The molecule has 1 fully saturated rings. The lowest BCUT2D eigenvalue weighted by atomic mass is 9.78. The fourth-order valence-corrected chi connectivity index (χ4v) is 3.55. The number of amidine groups is 1. The Morgan fingerprint density at radius 2 is 2.09 bits per heavy atom. The van der Waals surface area contributed by atoms with E-state index in [0.717, 1.165) is 35.5 Å². The van der Waals surface area contributed by atoms with Crippen LogP contribution in [0.3, 0.4) is 0 Å². The fraction of sp³-hybridized carbons (Fsp3) is 0.353. The number of aryl methyl sites for hydroxylation is 1. The molecule has 2 heterocycles. The number of carbonyl (C=O) groups excluding carboxylic acids is 1.